The first kappa shape index (κ1) is 22.9. The Hall–Kier alpha value is -4.27. The van der Waals surface area contributed by atoms with Gasteiger partial charge in [-0.1, -0.05) is 0 Å². The molecule has 2 aromatic carbocycles. The number of carbonyl (C=O) groups is 1. The van der Waals surface area contributed by atoms with E-state index in [0.717, 1.165) is 5.56 Å². The van der Waals surface area contributed by atoms with Gasteiger partial charge in [-0.15, -0.1) is 0 Å². The molecule has 0 radical (unpaired) electrons. The van der Waals surface area contributed by atoms with E-state index in [1.807, 2.05) is 32.0 Å². The van der Waals surface area contributed by atoms with Gasteiger partial charge in [0, 0.05) is 29.7 Å². The number of nitrogens with one attached hydrogen (secondary N) is 2. The number of amides is 1. The van der Waals surface area contributed by atoms with Crippen molar-refractivity contribution in [3.05, 3.63) is 72.1 Å². The van der Waals surface area contributed by atoms with Crippen LogP contribution in [0.2, 0.25) is 0 Å². The fraction of sp³-hybridized carbons (Fsp3) is 0.240. The predicted octanol–water partition coefficient (Wildman–Crippen LogP) is 4.01. The number of fused-ring (bicyclic) bond motifs is 1. The first-order valence-electron chi connectivity index (χ1n) is 11.0. The lowest BCUT2D eigenvalue weighted by Gasteiger charge is -2.14. The highest BCUT2D eigenvalue weighted by Gasteiger charge is 2.16. The molecular weight excluding hydrogens is 436 g/mol. The van der Waals surface area contributed by atoms with E-state index in [2.05, 4.69) is 20.6 Å². The second-order valence-corrected chi connectivity index (χ2v) is 7.20. The van der Waals surface area contributed by atoms with Crippen LogP contribution in [0.3, 0.4) is 0 Å². The van der Waals surface area contributed by atoms with Crippen molar-refractivity contribution in [2.45, 2.75) is 20.4 Å². The molecule has 1 aliphatic heterocycles. The third kappa shape index (κ3) is 5.74. The number of aliphatic imine (C=N–C) groups is 1. The van der Waals surface area contributed by atoms with E-state index in [1.54, 1.807) is 42.7 Å². The molecule has 9 nitrogen and oxygen atoms in total. The Labute approximate surface area is 197 Å². The maximum Gasteiger partial charge on any atom is 0.258 e. The van der Waals surface area contributed by atoms with E-state index in [0.29, 0.717) is 54.0 Å². The molecule has 2 heterocycles. The molecule has 9 heteroatoms. The fourth-order valence-corrected chi connectivity index (χ4v) is 3.25. The van der Waals surface area contributed by atoms with Crippen LogP contribution in [-0.4, -0.2) is 36.9 Å². The SMILES string of the molecule is CCOc1ccc(C(=O)NC(=NCc2ccncc2)Nc2ccc3c(c2)OCO3)cc1OCC. The normalized spacial score (nSPS) is 12.2. The quantitative estimate of drug-likeness (QED) is 0.385. The van der Waals surface area contributed by atoms with Crippen molar-refractivity contribution in [2.24, 2.45) is 4.99 Å². The number of carbonyl (C=O) groups excluding carboxylic acids is 1. The predicted molar refractivity (Wildman–Crippen MR) is 128 cm³/mol. The fourth-order valence-electron chi connectivity index (χ4n) is 3.25. The minimum Gasteiger partial charge on any atom is -0.490 e. The Bertz CT molecular complexity index is 1170. The molecular formula is C25H26N4O5. The number of ether oxygens (including phenoxy) is 4. The van der Waals surface area contributed by atoms with Crippen LogP contribution < -0.4 is 29.6 Å². The van der Waals surface area contributed by atoms with Crippen LogP contribution in [0.5, 0.6) is 23.0 Å². The Morgan fingerprint density at radius 3 is 2.53 bits per heavy atom. The number of guanidine groups is 1. The second kappa shape index (κ2) is 11.0. The van der Waals surface area contributed by atoms with Gasteiger partial charge in [0.25, 0.3) is 5.91 Å². The van der Waals surface area contributed by atoms with Crippen LogP contribution >= 0.6 is 0 Å². The van der Waals surface area contributed by atoms with Gasteiger partial charge in [0.15, 0.2) is 23.0 Å². The van der Waals surface area contributed by atoms with Gasteiger partial charge in [0.2, 0.25) is 12.8 Å². The molecule has 0 saturated carbocycles. The molecule has 0 aliphatic carbocycles. The summed E-state index contributed by atoms with van der Waals surface area (Å²) in [6.45, 7) is 5.25. The molecule has 1 aromatic heterocycles. The first-order valence-corrected chi connectivity index (χ1v) is 11.0. The van der Waals surface area contributed by atoms with E-state index >= 15 is 0 Å². The molecule has 2 N–H and O–H groups in total. The molecule has 0 bridgehead atoms. The van der Waals surface area contributed by atoms with E-state index in [-0.39, 0.29) is 18.7 Å². The van der Waals surface area contributed by atoms with Crippen molar-refractivity contribution in [2.75, 3.05) is 25.3 Å². The summed E-state index contributed by atoms with van der Waals surface area (Å²) in [5, 5.41) is 6.02. The largest absolute Gasteiger partial charge is 0.490 e. The molecule has 1 amide bonds. The lowest BCUT2D eigenvalue weighted by atomic mass is 10.2. The third-order valence-electron chi connectivity index (χ3n) is 4.84. The average Bonchev–Trinajstić information content (AvgIpc) is 3.32. The maximum atomic E-state index is 13.1. The van der Waals surface area contributed by atoms with E-state index in [9.17, 15) is 4.79 Å². The van der Waals surface area contributed by atoms with Crippen LogP contribution in [0.4, 0.5) is 5.69 Å². The maximum absolute atomic E-state index is 13.1. The zero-order valence-electron chi connectivity index (χ0n) is 19.0. The summed E-state index contributed by atoms with van der Waals surface area (Å²) in [4.78, 5) is 21.7. The number of benzene rings is 2. The summed E-state index contributed by atoms with van der Waals surface area (Å²) in [6, 6.07) is 14.2. The van der Waals surface area contributed by atoms with Crippen LogP contribution in [0, 0.1) is 0 Å². The summed E-state index contributed by atoms with van der Waals surface area (Å²) in [7, 11) is 0. The van der Waals surface area contributed by atoms with Crippen molar-refractivity contribution in [1.29, 1.82) is 0 Å². The number of anilines is 1. The number of hydrogen-bond acceptors (Lipinski definition) is 7. The van der Waals surface area contributed by atoms with Crippen LogP contribution in [0.15, 0.2) is 65.9 Å². The standard InChI is InChI=1S/C25H26N4O5/c1-3-31-20-7-5-18(13-22(20)32-4-2)24(30)29-25(27-15-17-9-11-26-12-10-17)28-19-6-8-21-23(14-19)34-16-33-21/h5-14H,3-4,15-16H2,1-2H3,(H2,27,28,29,30). The van der Waals surface area contributed by atoms with Gasteiger partial charge in [0.1, 0.15) is 0 Å². The number of nitrogens with zero attached hydrogens (tertiary/aromatic N) is 2. The van der Waals surface area contributed by atoms with Crippen LogP contribution in [-0.2, 0) is 6.54 Å². The molecule has 34 heavy (non-hydrogen) atoms. The van der Waals surface area contributed by atoms with Gasteiger partial charge in [-0.25, -0.2) is 4.99 Å². The summed E-state index contributed by atoms with van der Waals surface area (Å²) < 4.78 is 22.0. The van der Waals surface area contributed by atoms with Gasteiger partial charge in [-0.3, -0.25) is 15.1 Å². The van der Waals surface area contributed by atoms with Crippen molar-refractivity contribution in [3.63, 3.8) is 0 Å². The number of hydrogen-bond donors (Lipinski definition) is 2. The molecule has 0 fully saturated rings. The number of pyridine rings is 1. The van der Waals surface area contributed by atoms with Crippen LogP contribution in [0.25, 0.3) is 0 Å². The lowest BCUT2D eigenvalue weighted by Crippen LogP contribution is -2.36. The summed E-state index contributed by atoms with van der Waals surface area (Å²) >= 11 is 0. The van der Waals surface area contributed by atoms with E-state index in [4.69, 9.17) is 18.9 Å². The van der Waals surface area contributed by atoms with Gasteiger partial charge in [0.05, 0.1) is 19.8 Å². The van der Waals surface area contributed by atoms with E-state index < -0.39 is 0 Å². The summed E-state index contributed by atoms with van der Waals surface area (Å²) in [6.07, 6.45) is 3.40. The van der Waals surface area contributed by atoms with Crippen molar-refractivity contribution in [1.82, 2.24) is 10.3 Å². The average molecular weight is 463 g/mol. The Kier molecular flexibility index (Phi) is 7.44. The molecule has 0 spiro atoms. The van der Waals surface area contributed by atoms with Gasteiger partial charge >= 0.3 is 0 Å². The molecule has 4 rings (SSSR count). The van der Waals surface area contributed by atoms with Crippen LogP contribution in [0.1, 0.15) is 29.8 Å². The van der Waals surface area contributed by atoms with Gasteiger partial charge in [-0.05, 0) is 61.9 Å². The van der Waals surface area contributed by atoms with Crippen molar-refractivity contribution >= 4 is 17.6 Å². The molecule has 0 saturated heterocycles. The molecule has 1 aliphatic rings. The molecule has 0 atom stereocenters. The van der Waals surface area contributed by atoms with Gasteiger partial charge in [-0.2, -0.15) is 0 Å². The summed E-state index contributed by atoms with van der Waals surface area (Å²) in [5.41, 5.74) is 2.06. The molecule has 0 unspecified atom stereocenters. The zero-order chi connectivity index (χ0) is 23.8. The number of rotatable bonds is 8. The van der Waals surface area contributed by atoms with Gasteiger partial charge < -0.3 is 24.3 Å². The highest BCUT2D eigenvalue weighted by Crippen LogP contribution is 2.34. The monoisotopic (exact) mass is 462 g/mol. The number of aromatic nitrogens is 1. The smallest absolute Gasteiger partial charge is 0.258 e. The van der Waals surface area contributed by atoms with Crippen molar-refractivity contribution < 1.29 is 23.7 Å². The third-order valence-corrected chi connectivity index (χ3v) is 4.84. The zero-order valence-corrected chi connectivity index (χ0v) is 19.0. The minimum absolute atomic E-state index is 0.179. The molecule has 176 valence electrons. The summed E-state index contributed by atoms with van der Waals surface area (Å²) in [5.74, 6) is 2.33. The highest BCUT2D eigenvalue weighted by atomic mass is 16.7. The highest BCUT2D eigenvalue weighted by molar-refractivity contribution is 6.10. The minimum atomic E-state index is -0.342. The Balaban J connectivity index is 1.56. The lowest BCUT2D eigenvalue weighted by molar-refractivity contribution is 0.0976. The van der Waals surface area contributed by atoms with E-state index in [1.165, 1.54) is 0 Å². The Morgan fingerprint density at radius 1 is 0.971 bits per heavy atom. The molecule has 3 aromatic rings. The Morgan fingerprint density at radius 2 is 1.74 bits per heavy atom. The van der Waals surface area contributed by atoms with Crippen molar-refractivity contribution in [3.8, 4) is 23.0 Å². The first-order chi connectivity index (χ1) is 16.7. The topological polar surface area (TPSA) is 103 Å². The second-order valence-electron chi connectivity index (χ2n) is 7.20.